The van der Waals surface area contributed by atoms with Crippen LogP contribution in [-0.2, 0) is 10.2 Å². The zero-order valence-electron chi connectivity index (χ0n) is 10.3. The fraction of sp³-hybridized carbons (Fsp3) is 0.300. The topological polar surface area (TPSA) is 84.2 Å². The molecular formula is C10H12F3N3O2S2. The average Bonchev–Trinajstić information content (AvgIpc) is 2.28. The van der Waals surface area contributed by atoms with Crippen molar-refractivity contribution in [1.29, 1.82) is 0 Å². The van der Waals surface area contributed by atoms with E-state index >= 15 is 0 Å². The van der Waals surface area contributed by atoms with Crippen LogP contribution >= 0.6 is 12.2 Å². The van der Waals surface area contributed by atoms with Gasteiger partial charge >= 0.3 is 6.18 Å². The molecule has 0 aromatic heterocycles. The Morgan fingerprint density at radius 1 is 1.40 bits per heavy atom. The van der Waals surface area contributed by atoms with Gasteiger partial charge in [-0.05, 0) is 18.6 Å². The van der Waals surface area contributed by atoms with Crippen LogP contribution in [0.15, 0.2) is 18.2 Å². The van der Waals surface area contributed by atoms with Crippen molar-refractivity contribution >= 4 is 33.1 Å². The first-order valence-electron chi connectivity index (χ1n) is 5.25. The lowest BCUT2D eigenvalue weighted by molar-refractivity contribution is -0.121. The van der Waals surface area contributed by atoms with Gasteiger partial charge in [-0.25, -0.2) is 0 Å². The molecule has 0 aliphatic heterocycles. The van der Waals surface area contributed by atoms with E-state index in [9.17, 15) is 21.6 Å². The summed E-state index contributed by atoms with van der Waals surface area (Å²) in [5.74, 6) is 0. The van der Waals surface area contributed by atoms with E-state index in [1.807, 2.05) is 4.72 Å². The second-order valence-electron chi connectivity index (χ2n) is 3.94. The van der Waals surface area contributed by atoms with Crippen LogP contribution < -0.4 is 15.2 Å². The highest BCUT2D eigenvalue weighted by Crippen LogP contribution is 2.18. The molecule has 0 unspecified atom stereocenters. The van der Waals surface area contributed by atoms with Gasteiger partial charge in [-0.15, -0.1) is 0 Å². The van der Waals surface area contributed by atoms with Crippen molar-refractivity contribution in [3.05, 3.63) is 29.3 Å². The van der Waals surface area contributed by atoms with E-state index in [0.717, 1.165) is 0 Å². The molecule has 0 radical (unpaired) electrons. The molecule has 112 valence electrons. The summed E-state index contributed by atoms with van der Waals surface area (Å²) in [7, 11) is -4.34. The molecule has 0 aliphatic rings. The maximum absolute atomic E-state index is 12.0. The van der Waals surface area contributed by atoms with Gasteiger partial charge in [0, 0.05) is 5.56 Å². The van der Waals surface area contributed by atoms with Crippen molar-refractivity contribution in [2.45, 2.75) is 13.1 Å². The fourth-order valence-corrected chi connectivity index (χ4v) is 2.31. The molecule has 0 atom stereocenters. The molecule has 0 bridgehead atoms. The molecule has 20 heavy (non-hydrogen) atoms. The molecule has 0 heterocycles. The number of hydrogen-bond acceptors (Lipinski definition) is 3. The minimum absolute atomic E-state index is 0.0497. The van der Waals surface area contributed by atoms with Gasteiger partial charge in [-0.3, -0.25) is 4.72 Å². The van der Waals surface area contributed by atoms with Gasteiger partial charge in [-0.2, -0.15) is 26.3 Å². The first-order chi connectivity index (χ1) is 9.00. The van der Waals surface area contributed by atoms with Gasteiger partial charge in [-0.1, -0.05) is 24.4 Å². The number of benzene rings is 1. The van der Waals surface area contributed by atoms with E-state index in [2.05, 4.69) is 0 Å². The van der Waals surface area contributed by atoms with Crippen LogP contribution in [-0.4, -0.2) is 26.1 Å². The minimum atomic E-state index is -4.63. The predicted octanol–water partition coefficient (Wildman–Crippen LogP) is 1.44. The molecule has 0 saturated heterocycles. The lowest BCUT2D eigenvalue weighted by Crippen LogP contribution is -2.37. The summed E-state index contributed by atoms with van der Waals surface area (Å²) in [4.78, 5) is 0.0497. The molecule has 0 aliphatic carbocycles. The number of alkyl halides is 3. The summed E-state index contributed by atoms with van der Waals surface area (Å²) in [5.41, 5.74) is 6.42. The zero-order valence-corrected chi connectivity index (χ0v) is 11.9. The van der Waals surface area contributed by atoms with Crippen molar-refractivity contribution in [2.24, 2.45) is 5.73 Å². The molecule has 1 aromatic rings. The molecule has 0 saturated carbocycles. The Morgan fingerprint density at radius 2 is 2.00 bits per heavy atom. The Bertz CT molecular complexity index is 615. The van der Waals surface area contributed by atoms with E-state index in [4.69, 9.17) is 18.0 Å². The van der Waals surface area contributed by atoms with Gasteiger partial charge in [0.2, 0.25) is 0 Å². The maximum Gasteiger partial charge on any atom is 0.402 e. The first-order valence-corrected chi connectivity index (χ1v) is 7.14. The minimum Gasteiger partial charge on any atom is -0.389 e. The summed E-state index contributed by atoms with van der Waals surface area (Å²) in [6.07, 6.45) is -4.63. The van der Waals surface area contributed by atoms with Crippen LogP contribution in [0.3, 0.4) is 0 Å². The second kappa shape index (κ2) is 5.94. The average molecular weight is 327 g/mol. The lowest BCUT2D eigenvalue weighted by atomic mass is 10.1. The summed E-state index contributed by atoms with van der Waals surface area (Å²) < 4.78 is 62.3. The largest absolute Gasteiger partial charge is 0.402 e. The SMILES string of the molecule is Cc1ccc(C(N)=S)cc1NS(=O)(=O)NCC(F)(F)F. The molecule has 10 heteroatoms. The molecule has 1 aromatic carbocycles. The number of anilines is 1. The van der Waals surface area contributed by atoms with Crippen LogP contribution in [0.4, 0.5) is 18.9 Å². The zero-order chi connectivity index (χ0) is 15.6. The first kappa shape index (κ1) is 16.7. The summed E-state index contributed by atoms with van der Waals surface area (Å²) in [5, 5.41) is 0. The normalized spacial score (nSPS) is 12.2. The number of aryl methyl sites for hydroxylation is 1. The Kier molecular flexibility index (Phi) is 4.95. The van der Waals surface area contributed by atoms with Crippen molar-refractivity contribution in [3.63, 3.8) is 0 Å². The summed E-state index contributed by atoms with van der Waals surface area (Å²) in [6, 6.07) is 4.49. The summed E-state index contributed by atoms with van der Waals surface area (Å²) in [6.45, 7) is -0.0681. The highest BCUT2D eigenvalue weighted by Gasteiger charge is 2.29. The van der Waals surface area contributed by atoms with Crippen LogP contribution in [0.2, 0.25) is 0 Å². The third kappa shape index (κ3) is 5.31. The van der Waals surface area contributed by atoms with Gasteiger partial charge in [0.05, 0.1) is 5.69 Å². The molecule has 1 rings (SSSR count). The van der Waals surface area contributed by atoms with Crippen molar-refractivity contribution in [2.75, 3.05) is 11.3 Å². The van der Waals surface area contributed by atoms with Crippen molar-refractivity contribution < 1.29 is 21.6 Å². The number of nitrogens with one attached hydrogen (secondary N) is 2. The molecule has 0 spiro atoms. The fourth-order valence-electron chi connectivity index (χ4n) is 1.24. The third-order valence-electron chi connectivity index (χ3n) is 2.23. The van der Waals surface area contributed by atoms with E-state index in [0.29, 0.717) is 11.1 Å². The van der Waals surface area contributed by atoms with Crippen LogP contribution in [0.25, 0.3) is 0 Å². The second-order valence-corrected chi connectivity index (χ2v) is 5.88. The Morgan fingerprint density at radius 3 is 2.50 bits per heavy atom. The van der Waals surface area contributed by atoms with Crippen LogP contribution in [0, 0.1) is 6.92 Å². The number of halogens is 3. The Labute approximate surface area is 119 Å². The molecule has 5 nitrogen and oxygen atoms in total. The van der Waals surface area contributed by atoms with E-state index in [1.165, 1.54) is 10.8 Å². The maximum atomic E-state index is 12.0. The lowest BCUT2D eigenvalue weighted by Gasteiger charge is -2.13. The third-order valence-corrected chi connectivity index (χ3v) is 3.48. The van der Waals surface area contributed by atoms with E-state index in [1.54, 1.807) is 19.1 Å². The molecule has 4 N–H and O–H groups in total. The van der Waals surface area contributed by atoms with Gasteiger partial charge in [0.25, 0.3) is 10.2 Å². The smallest absolute Gasteiger partial charge is 0.389 e. The van der Waals surface area contributed by atoms with Crippen LogP contribution in [0.5, 0.6) is 0 Å². The summed E-state index contributed by atoms with van der Waals surface area (Å²) >= 11 is 4.74. The number of rotatable bonds is 5. The van der Waals surface area contributed by atoms with Gasteiger partial charge in [0.15, 0.2) is 0 Å². The monoisotopic (exact) mass is 327 g/mol. The van der Waals surface area contributed by atoms with Crippen LogP contribution in [0.1, 0.15) is 11.1 Å². The van der Waals surface area contributed by atoms with E-state index < -0.39 is 22.9 Å². The molecule has 0 fully saturated rings. The Hall–Kier alpha value is -1.39. The van der Waals surface area contributed by atoms with Crippen molar-refractivity contribution in [3.8, 4) is 0 Å². The standard InChI is InChI=1S/C10H12F3N3O2S2/c1-6-2-3-7(9(14)19)4-8(6)16-20(17,18)15-5-10(11,12)13/h2-4,15-16H,5H2,1H3,(H2,14,19). The quantitative estimate of drug-likeness (QED) is 0.715. The Balaban J connectivity index is 2.92. The van der Waals surface area contributed by atoms with Gasteiger partial charge < -0.3 is 5.73 Å². The highest BCUT2D eigenvalue weighted by molar-refractivity contribution is 7.90. The molecule has 0 amide bonds. The number of thiocarbonyl (C=S) groups is 1. The number of nitrogens with two attached hydrogens (primary N) is 1. The van der Waals surface area contributed by atoms with E-state index in [-0.39, 0.29) is 10.7 Å². The predicted molar refractivity (Wildman–Crippen MR) is 73.7 cm³/mol. The van der Waals surface area contributed by atoms with Gasteiger partial charge in [0.1, 0.15) is 11.5 Å². The van der Waals surface area contributed by atoms with Crippen molar-refractivity contribution in [1.82, 2.24) is 4.72 Å². The molecular weight excluding hydrogens is 315 g/mol. The highest BCUT2D eigenvalue weighted by atomic mass is 32.2. The number of hydrogen-bond donors (Lipinski definition) is 3.